The summed E-state index contributed by atoms with van der Waals surface area (Å²) in [7, 11) is 0. The summed E-state index contributed by atoms with van der Waals surface area (Å²) in [5.41, 5.74) is 5.60. The number of hydrogen-bond acceptors (Lipinski definition) is 1. The molecule has 2 heterocycles. The molecule has 0 radical (unpaired) electrons. The van der Waals surface area contributed by atoms with Gasteiger partial charge in [0.1, 0.15) is 0 Å². The van der Waals surface area contributed by atoms with Crippen LogP contribution in [0.25, 0.3) is 10.9 Å². The van der Waals surface area contributed by atoms with Crippen molar-refractivity contribution in [2.24, 2.45) is 0 Å². The maximum absolute atomic E-state index is 12.6. The number of nitrogens with zero attached hydrogens (tertiary/aromatic N) is 1. The zero-order valence-corrected chi connectivity index (χ0v) is 13.1. The van der Waals surface area contributed by atoms with Crippen LogP contribution in [0, 0.1) is 6.92 Å². The maximum Gasteiger partial charge on any atom is 0.322 e. The quantitative estimate of drug-likeness (QED) is 0.699. The molecule has 0 fully saturated rings. The first-order valence-corrected chi connectivity index (χ1v) is 7.92. The fourth-order valence-electron chi connectivity index (χ4n) is 3.25. The standard InChI is InChI=1S/C19H19N3O/c1-13-6-2-4-8-16(13)21-19(23)22-11-10-18-15(12-22)14-7-3-5-9-17(14)20-18/h2-9,20H,10-12H2,1H3,(H,21,23). The van der Waals surface area contributed by atoms with Crippen molar-refractivity contribution in [1.82, 2.24) is 9.88 Å². The molecule has 0 saturated carbocycles. The number of amides is 2. The van der Waals surface area contributed by atoms with Gasteiger partial charge >= 0.3 is 6.03 Å². The third kappa shape index (κ3) is 2.46. The molecule has 116 valence electrons. The molecule has 4 heteroatoms. The van der Waals surface area contributed by atoms with Gasteiger partial charge in [0.2, 0.25) is 0 Å². The Balaban J connectivity index is 1.58. The SMILES string of the molecule is Cc1ccccc1NC(=O)N1CCc2[nH]c3ccccc3c2C1. The Bertz CT molecular complexity index is 881. The molecule has 4 rings (SSSR count). The van der Waals surface area contributed by atoms with Gasteiger partial charge in [0, 0.05) is 47.4 Å². The second kappa shape index (κ2) is 5.47. The lowest BCUT2D eigenvalue weighted by molar-refractivity contribution is 0.206. The van der Waals surface area contributed by atoms with Gasteiger partial charge in [-0.25, -0.2) is 4.79 Å². The first kappa shape index (κ1) is 13.9. The van der Waals surface area contributed by atoms with E-state index >= 15 is 0 Å². The lowest BCUT2D eigenvalue weighted by atomic mass is 10.0. The van der Waals surface area contributed by atoms with Gasteiger partial charge < -0.3 is 15.2 Å². The minimum atomic E-state index is -0.0322. The zero-order valence-electron chi connectivity index (χ0n) is 13.1. The molecule has 2 aromatic carbocycles. The number of hydrogen-bond donors (Lipinski definition) is 2. The van der Waals surface area contributed by atoms with E-state index in [9.17, 15) is 4.79 Å². The molecule has 0 spiro atoms. The summed E-state index contributed by atoms with van der Waals surface area (Å²) in [6, 6.07) is 16.1. The molecule has 0 saturated heterocycles. The Kier molecular flexibility index (Phi) is 3.30. The van der Waals surface area contributed by atoms with Gasteiger partial charge in [-0.2, -0.15) is 0 Å². The molecular weight excluding hydrogens is 286 g/mol. The van der Waals surface area contributed by atoms with E-state index in [-0.39, 0.29) is 6.03 Å². The molecule has 1 aliphatic rings. The van der Waals surface area contributed by atoms with Crippen molar-refractivity contribution in [2.45, 2.75) is 19.9 Å². The summed E-state index contributed by atoms with van der Waals surface area (Å²) in [5, 5.41) is 4.25. The fourth-order valence-corrected chi connectivity index (χ4v) is 3.25. The van der Waals surface area contributed by atoms with Crippen LogP contribution >= 0.6 is 0 Å². The molecule has 2 N–H and O–H groups in total. The van der Waals surface area contributed by atoms with Crippen LogP contribution in [0.2, 0.25) is 0 Å². The normalized spacial score (nSPS) is 13.9. The van der Waals surface area contributed by atoms with Crippen LogP contribution in [-0.4, -0.2) is 22.5 Å². The highest BCUT2D eigenvalue weighted by Crippen LogP contribution is 2.28. The predicted octanol–water partition coefficient (Wildman–Crippen LogP) is 4.07. The molecule has 3 aromatic rings. The van der Waals surface area contributed by atoms with Crippen LogP contribution in [0.5, 0.6) is 0 Å². The van der Waals surface area contributed by atoms with Crippen molar-refractivity contribution in [2.75, 3.05) is 11.9 Å². The average Bonchev–Trinajstić information content (AvgIpc) is 2.94. The lowest BCUT2D eigenvalue weighted by Crippen LogP contribution is -2.38. The van der Waals surface area contributed by atoms with Crippen LogP contribution in [0.4, 0.5) is 10.5 Å². The number of nitrogens with one attached hydrogen (secondary N) is 2. The topological polar surface area (TPSA) is 48.1 Å². The Hall–Kier alpha value is -2.75. The second-order valence-electron chi connectivity index (χ2n) is 6.04. The molecule has 1 aliphatic heterocycles. The highest BCUT2D eigenvalue weighted by molar-refractivity contribution is 5.91. The summed E-state index contributed by atoms with van der Waals surface area (Å²) >= 11 is 0. The third-order valence-corrected chi connectivity index (χ3v) is 4.56. The molecular formula is C19H19N3O. The number of carbonyl (C=O) groups excluding carboxylic acids is 1. The van der Waals surface area contributed by atoms with Gasteiger partial charge in [0.25, 0.3) is 0 Å². The van der Waals surface area contributed by atoms with E-state index in [1.54, 1.807) is 0 Å². The van der Waals surface area contributed by atoms with Gasteiger partial charge in [0.05, 0.1) is 0 Å². The molecule has 2 amide bonds. The van der Waals surface area contributed by atoms with E-state index in [4.69, 9.17) is 0 Å². The summed E-state index contributed by atoms with van der Waals surface area (Å²) in [5.74, 6) is 0. The van der Waals surface area contributed by atoms with Crippen LogP contribution in [-0.2, 0) is 13.0 Å². The van der Waals surface area contributed by atoms with Gasteiger partial charge in [-0.1, -0.05) is 36.4 Å². The fraction of sp³-hybridized carbons (Fsp3) is 0.211. The highest BCUT2D eigenvalue weighted by atomic mass is 16.2. The number of para-hydroxylation sites is 2. The number of aromatic nitrogens is 1. The molecule has 4 nitrogen and oxygen atoms in total. The summed E-state index contributed by atoms with van der Waals surface area (Å²) in [6.07, 6.45) is 0.866. The number of anilines is 1. The summed E-state index contributed by atoms with van der Waals surface area (Å²) < 4.78 is 0. The van der Waals surface area contributed by atoms with Crippen LogP contribution in [0.3, 0.4) is 0 Å². The van der Waals surface area contributed by atoms with Gasteiger partial charge in [-0.05, 0) is 24.6 Å². The van der Waals surface area contributed by atoms with Crippen molar-refractivity contribution >= 4 is 22.6 Å². The minimum absolute atomic E-state index is 0.0322. The van der Waals surface area contributed by atoms with Gasteiger partial charge in [-0.15, -0.1) is 0 Å². The first-order valence-electron chi connectivity index (χ1n) is 7.92. The Morgan fingerprint density at radius 2 is 1.91 bits per heavy atom. The number of fused-ring (bicyclic) bond motifs is 3. The van der Waals surface area contributed by atoms with Crippen molar-refractivity contribution < 1.29 is 4.79 Å². The second-order valence-corrected chi connectivity index (χ2v) is 6.04. The monoisotopic (exact) mass is 305 g/mol. The van der Waals surface area contributed by atoms with E-state index in [2.05, 4.69) is 22.4 Å². The van der Waals surface area contributed by atoms with Crippen molar-refractivity contribution in [3.63, 3.8) is 0 Å². The predicted molar refractivity (Wildman–Crippen MR) is 92.6 cm³/mol. The smallest absolute Gasteiger partial charge is 0.322 e. The van der Waals surface area contributed by atoms with Gasteiger partial charge in [0.15, 0.2) is 0 Å². The number of H-pyrrole nitrogens is 1. The Labute approximate surface area is 135 Å². The van der Waals surface area contributed by atoms with Crippen molar-refractivity contribution in [3.8, 4) is 0 Å². The molecule has 23 heavy (non-hydrogen) atoms. The summed E-state index contributed by atoms with van der Waals surface area (Å²) in [4.78, 5) is 18.0. The van der Waals surface area contributed by atoms with E-state index < -0.39 is 0 Å². The van der Waals surface area contributed by atoms with Crippen molar-refractivity contribution in [1.29, 1.82) is 0 Å². The van der Waals surface area contributed by atoms with E-state index in [0.717, 1.165) is 29.7 Å². The molecule has 1 aromatic heterocycles. The number of urea groups is 1. The Morgan fingerprint density at radius 3 is 2.78 bits per heavy atom. The highest BCUT2D eigenvalue weighted by Gasteiger charge is 2.24. The van der Waals surface area contributed by atoms with E-state index in [1.165, 1.54) is 16.6 Å². The Morgan fingerprint density at radius 1 is 1.13 bits per heavy atom. The average molecular weight is 305 g/mol. The molecule has 0 atom stereocenters. The van der Waals surface area contributed by atoms with Crippen molar-refractivity contribution in [3.05, 3.63) is 65.4 Å². The number of aromatic amines is 1. The minimum Gasteiger partial charge on any atom is -0.358 e. The van der Waals surface area contributed by atoms with Crippen LogP contribution in [0.15, 0.2) is 48.5 Å². The molecule has 0 bridgehead atoms. The number of carbonyl (C=O) groups is 1. The molecule has 0 aliphatic carbocycles. The van der Waals surface area contributed by atoms with Crippen LogP contribution < -0.4 is 5.32 Å². The third-order valence-electron chi connectivity index (χ3n) is 4.56. The lowest BCUT2D eigenvalue weighted by Gasteiger charge is -2.27. The van der Waals surface area contributed by atoms with Crippen LogP contribution in [0.1, 0.15) is 16.8 Å². The van der Waals surface area contributed by atoms with E-state index in [1.807, 2.05) is 48.2 Å². The summed E-state index contributed by atoms with van der Waals surface area (Å²) in [6.45, 7) is 3.39. The number of aryl methyl sites for hydroxylation is 1. The number of rotatable bonds is 1. The van der Waals surface area contributed by atoms with E-state index in [0.29, 0.717) is 6.54 Å². The first-order chi connectivity index (χ1) is 11.2. The van der Waals surface area contributed by atoms with Gasteiger partial charge in [-0.3, -0.25) is 0 Å². The zero-order chi connectivity index (χ0) is 15.8. The number of benzene rings is 2. The molecule has 0 unspecified atom stereocenters. The maximum atomic E-state index is 12.6. The largest absolute Gasteiger partial charge is 0.358 e.